The van der Waals surface area contributed by atoms with Gasteiger partial charge < -0.3 is 20.2 Å². The number of fused-ring (bicyclic) bond motifs is 6. The van der Waals surface area contributed by atoms with Crippen LogP contribution in [-0.4, -0.2) is 80.0 Å². The van der Waals surface area contributed by atoms with Crippen molar-refractivity contribution in [3.05, 3.63) is 58.2 Å². The number of hydrogen-bond acceptors (Lipinski definition) is 6. The number of aliphatic hydroxyl groups is 1. The molecule has 1 aromatic heterocycles. The lowest BCUT2D eigenvalue weighted by molar-refractivity contribution is -0.166. The van der Waals surface area contributed by atoms with E-state index in [1.807, 2.05) is 29.2 Å². The summed E-state index contributed by atoms with van der Waals surface area (Å²) < 4.78 is 40.9. The van der Waals surface area contributed by atoms with Crippen LogP contribution in [0.5, 0.6) is 0 Å². The van der Waals surface area contributed by atoms with Crippen LogP contribution >= 0.6 is 11.6 Å². The topological polar surface area (TPSA) is 105 Å². The maximum absolute atomic E-state index is 13.8. The number of H-pyrrole nitrogens is 1. The molecule has 4 heterocycles. The molecule has 1 saturated carbocycles. The van der Waals surface area contributed by atoms with Gasteiger partial charge in [0, 0.05) is 55.6 Å². The van der Waals surface area contributed by atoms with E-state index in [1.165, 1.54) is 6.20 Å². The van der Waals surface area contributed by atoms with Crippen molar-refractivity contribution in [3.63, 3.8) is 0 Å². The molecular formula is C29H30ClF3N6O3. The van der Waals surface area contributed by atoms with Crippen molar-refractivity contribution in [2.45, 2.75) is 63.3 Å². The number of para-hydroxylation sites is 1. The molecule has 7 rings (SSSR count). The Morgan fingerprint density at radius 1 is 1.19 bits per heavy atom. The van der Waals surface area contributed by atoms with Gasteiger partial charge in [-0.1, -0.05) is 29.8 Å². The first-order valence-electron chi connectivity index (χ1n) is 14.1. The third kappa shape index (κ3) is 4.60. The summed E-state index contributed by atoms with van der Waals surface area (Å²) in [5.41, 5.74) is 2.57. The molecule has 1 saturated heterocycles. The quantitative estimate of drug-likeness (QED) is 0.414. The van der Waals surface area contributed by atoms with Crippen molar-refractivity contribution >= 4 is 40.0 Å². The second-order valence-corrected chi connectivity index (χ2v) is 12.3. The number of aromatic nitrogens is 2. The number of nitrogens with zero attached hydrogens (tertiary/aromatic N) is 4. The number of alkyl halides is 3. The standard InChI is InChI=1S/C29H30ClF3N6O3/c30-22-9-18-20(19-12-34-36-25(19)22)14-38(15-29(31,32)33)26(41)28(10-21(18)28)11-24(40)37-7-5-17(6-8-37)39-13-16-3-1-2-4-23(16)35-27(39)42/h1-4,9,12,17,21,27,35,42H,5-8,10-11,13-15H2,(H,34,36). The molecule has 222 valence electrons. The number of anilines is 1. The Hall–Kier alpha value is -3.35. The number of rotatable bonds is 4. The fourth-order valence-electron chi connectivity index (χ4n) is 7.24. The minimum atomic E-state index is -4.59. The minimum absolute atomic E-state index is 0.0462. The summed E-state index contributed by atoms with van der Waals surface area (Å²) in [6.07, 6.45) is -2.50. The van der Waals surface area contributed by atoms with Crippen LogP contribution in [0.2, 0.25) is 5.02 Å². The number of piperidine rings is 1. The summed E-state index contributed by atoms with van der Waals surface area (Å²) >= 11 is 6.49. The Bertz CT molecular complexity index is 1570. The van der Waals surface area contributed by atoms with E-state index < -0.39 is 36.3 Å². The number of aromatic amines is 1. The molecule has 3 atom stereocenters. The van der Waals surface area contributed by atoms with E-state index in [1.54, 1.807) is 11.0 Å². The van der Waals surface area contributed by atoms with E-state index in [-0.39, 0.29) is 24.9 Å². The van der Waals surface area contributed by atoms with E-state index >= 15 is 0 Å². The number of nitrogens with one attached hydrogen (secondary N) is 2. The first kappa shape index (κ1) is 27.5. The van der Waals surface area contributed by atoms with Crippen LogP contribution in [-0.2, 0) is 22.7 Å². The third-order valence-electron chi connectivity index (χ3n) is 9.44. The molecule has 13 heteroatoms. The molecule has 3 aromatic rings. The number of hydrogen-bond donors (Lipinski definition) is 3. The average molecular weight is 603 g/mol. The van der Waals surface area contributed by atoms with Crippen LogP contribution in [0, 0.1) is 5.41 Å². The zero-order valence-electron chi connectivity index (χ0n) is 22.6. The molecule has 3 unspecified atom stereocenters. The molecule has 2 fully saturated rings. The average Bonchev–Trinajstić information content (AvgIpc) is 3.46. The second kappa shape index (κ2) is 9.85. The molecular weight excluding hydrogens is 573 g/mol. The van der Waals surface area contributed by atoms with Gasteiger partial charge in [-0.3, -0.25) is 19.6 Å². The van der Waals surface area contributed by atoms with Gasteiger partial charge in [-0.25, -0.2) is 0 Å². The second-order valence-electron chi connectivity index (χ2n) is 11.9. The Morgan fingerprint density at radius 2 is 1.95 bits per heavy atom. The molecule has 1 aliphatic carbocycles. The Kier molecular flexibility index (Phi) is 6.45. The minimum Gasteiger partial charge on any atom is -0.361 e. The zero-order chi connectivity index (χ0) is 29.4. The fraction of sp³-hybridized carbons (Fsp3) is 0.483. The van der Waals surface area contributed by atoms with Crippen molar-refractivity contribution < 1.29 is 27.9 Å². The van der Waals surface area contributed by atoms with E-state index in [0.29, 0.717) is 65.9 Å². The molecule has 0 radical (unpaired) electrons. The molecule has 3 N–H and O–H groups in total. The normalized spacial score (nSPS) is 26.4. The van der Waals surface area contributed by atoms with Gasteiger partial charge in [0.2, 0.25) is 11.8 Å². The number of aliphatic hydroxyl groups excluding tert-OH is 1. The summed E-state index contributed by atoms with van der Waals surface area (Å²) in [6, 6.07) is 9.56. The molecule has 4 aliphatic rings. The monoisotopic (exact) mass is 602 g/mol. The molecule has 0 bridgehead atoms. The van der Waals surface area contributed by atoms with Crippen molar-refractivity contribution in [2.24, 2.45) is 5.41 Å². The lowest BCUT2D eigenvalue weighted by atomic mass is 9.91. The van der Waals surface area contributed by atoms with E-state index in [2.05, 4.69) is 15.5 Å². The van der Waals surface area contributed by atoms with Gasteiger partial charge in [-0.15, -0.1) is 0 Å². The highest BCUT2D eigenvalue weighted by molar-refractivity contribution is 6.35. The van der Waals surface area contributed by atoms with Crippen molar-refractivity contribution in [3.8, 4) is 0 Å². The molecule has 42 heavy (non-hydrogen) atoms. The third-order valence-corrected chi connectivity index (χ3v) is 9.74. The van der Waals surface area contributed by atoms with Gasteiger partial charge in [0.1, 0.15) is 6.54 Å². The van der Waals surface area contributed by atoms with Gasteiger partial charge >= 0.3 is 6.18 Å². The lowest BCUT2D eigenvalue weighted by Crippen LogP contribution is -2.54. The zero-order valence-corrected chi connectivity index (χ0v) is 23.4. The predicted molar refractivity (Wildman–Crippen MR) is 148 cm³/mol. The van der Waals surface area contributed by atoms with Crippen molar-refractivity contribution in [1.82, 2.24) is 24.9 Å². The van der Waals surface area contributed by atoms with E-state index in [4.69, 9.17) is 11.6 Å². The largest absolute Gasteiger partial charge is 0.406 e. The fourth-order valence-corrected chi connectivity index (χ4v) is 7.50. The highest BCUT2D eigenvalue weighted by atomic mass is 35.5. The first-order chi connectivity index (χ1) is 20.0. The van der Waals surface area contributed by atoms with Crippen LogP contribution in [0.4, 0.5) is 18.9 Å². The summed E-state index contributed by atoms with van der Waals surface area (Å²) in [7, 11) is 0. The number of benzene rings is 2. The molecule has 0 spiro atoms. The Labute approximate surface area is 244 Å². The lowest BCUT2D eigenvalue weighted by Gasteiger charge is -2.43. The number of carbonyl (C=O) groups is 2. The van der Waals surface area contributed by atoms with Crippen LogP contribution in [0.3, 0.4) is 0 Å². The summed E-state index contributed by atoms with van der Waals surface area (Å²) in [4.78, 5) is 31.9. The van der Waals surface area contributed by atoms with Crippen LogP contribution in [0.25, 0.3) is 10.9 Å². The number of carbonyl (C=O) groups excluding carboxylic acids is 2. The van der Waals surface area contributed by atoms with Gasteiger partial charge in [-0.2, -0.15) is 18.3 Å². The number of amides is 2. The van der Waals surface area contributed by atoms with Crippen LogP contribution < -0.4 is 5.32 Å². The summed E-state index contributed by atoms with van der Waals surface area (Å²) in [5, 5.41) is 21.6. The maximum Gasteiger partial charge on any atom is 0.406 e. The van der Waals surface area contributed by atoms with Gasteiger partial charge in [0.25, 0.3) is 0 Å². The number of halogens is 4. The summed E-state index contributed by atoms with van der Waals surface area (Å²) in [6.45, 7) is -0.158. The van der Waals surface area contributed by atoms with Gasteiger partial charge in [0.05, 0.1) is 22.2 Å². The highest BCUT2D eigenvalue weighted by Gasteiger charge is 2.65. The Balaban J connectivity index is 1.09. The van der Waals surface area contributed by atoms with E-state index in [9.17, 15) is 27.9 Å². The maximum atomic E-state index is 13.8. The molecule has 2 amide bonds. The van der Waals surface area contributed by atoms with Crippen molar-refractivity contribution in [1.29, 1.82) is 0 Å². The molecule has 3 aliphatic heterocycles. The summed E-state index contributed by atoms with van der Waals surface area (Å²) in [5.74, 6) is -1.28. The van der Waals surface area contributed by atoms with E-state index in [0.717, 1.165) is 16.2 Å². The number of likely N-dealkylation sites (tertiary alicyclic amines) is 1. The highest BCUT2D eigenvalue weighted by Crippen LogP contribution is 2.65. The van der Waals surface area contributed by atoms with Crippen molar-refractivity contribution in [2.75, 3.05) is 25.0 Å². The molecule has 9 nitrogen and oxygen atoms in total. The first-order valence-corrected chi connectivity index (χ1v) is 14.5. The Morgan fingerprint density at radius 3 is 2.71 bits per heavy atom. The van der Waals surface area contributed by atoms with Crippen LogP contribution in [0.15, 0.2) is 36.5 Å². The smallest absolute Gasteiger partial charge is 0.361 e. The van der Waals surface area contributed by atoms with Gasteiger partial charge in [-0.05, 0) is 48.1 Å². The SMILES string of the molecule is O=C(CC12CC1c1cc(Cl)c3[nH]ncc3c1CN(CC(F)(F)F)C2=O)N1CCC(N2Cc3ccccc3NC2O)CC1. The predicted octanol–water partition coefficient (Wildman–Crippen LogP) is 4.18. The van der Waals surface area contributed by atoms with Gasteiger partial charge in [0.15, 0.2) is 6.35 Å². The van der Waals surface area contributed by atoms with Crippen LogP contribution in [0.1, 0.15) is 48.3 Å². The molecule has 2 aromatic carbocycles.